The van der Waals surface area contributed by atoms with E-state index in [0.717, 1.165) is 5.56 Å². The lowest BCUT2D eigenvalue weighted by atomic mass is 10.1. The predicted molar refractivity (Wildman–Crippen MR) is 106 cm³/mol. The number of benzene rings is 2. The monoisotopic (exact) mass is 410 g/mol. The van der Waals surface area contributed by atoms with Crippen LogP contribution in [0.1, 0.15) is 29.8 Å². The molecule has 0 aliphatic heterocycles. The van der Waals surface area contributed by atoms with Crippen molar-refractivity contribution in [3.8, 4) is 5.75 Å². The number of halogens is 1. The van der Waals surface area contributed by atoms with Gasteiger partial charge in [-0.3, -0.25) is 4.79 Å². The molecule has 1 amide bonds. The first-order chi connectivity index (χ1) is 12.7. The number of hydrogen-bond acceptors (Lipinski definition) is 4. The average molecular weight is 411 g/mol. The second kappa shape index (κ2) is 8.73. The molecule has 6 nitrogen and oxygen atoms in total. The number of carbonyl (C=O) groups is 1. The van der Waals surface area contributed by atoms with Gasteiger partial charge >= 0.3 is 0 Å². The summed E-state index contributed by atoms with van der Waals surface area (Å²) in [5.41, 5.74) is 0.901. The van der Waals surface area contributed by atoms with Crippen molar-refractivity contribution >= 4 is 27.5 Å². The molecule has 1 N–H and O–H groups in total. The molecule has 2 rings (SSSR count). The second-order valence-electron chi connectivity index (χ2n) is 6.25. The van der Waals surface area contributed by atoms with Crippen LogP contribution in [0.3, 0.4) is 0 Å². The molecule has 0 aliphatic carbocycles. The van der Waals surface area contributed by atoms with Crippen molar-refractivity contribution in [2.45, 2.75) is 31.3 Å². The molecule has 27 heavy (non-hydrogen) atoms. The van der Waals surface area contributed by atoms with Gasteiger partial charge in [0.05, 0.1) is 22.6 Å². The topological polar surface area (TPSA) is 75.7 Å². The molecule has 0 fully saturated rings. The van der Waals surface area contributed by atoms with E-state index in [2.05, 4.69) is 5.32 Å². The Morgan fingerprint density at radius 1 is 1.22 bits per heavy atom. The van der Waals surface area contributed by atoms with Crippen LogP contribution in [0.15, 0.2) is 47.4 Å². The minimum atomic E-state index is -3.71. The molecule has 2 aromatic carbocycles. The molecular weight excluding hydrogens is 388 g/mol. The highest BCUT2D eigenvalue weighted by atomic mass is 35.5. The molecule has 8 heteroatoms. The number of carbonyl (C=O) groups excluding carboxylic acids is 1. The summed E-state index contributed by atoms with van der Waals surface area (Å²) in [6.07, 6.45) is 0. The minimum absolute atomic E-state index is 0.0190. The maximum atomic E-state index is 12.7. The second-order valence-corrected chi connectivity index (χ2v) is 8.66. The number of methoxy groups -OCH3 is 1. The number of nitrogens with one attached hydrogen (secondary N) is 1. The van der Waals surface area contributed by atoms with Crippen LogP contribution in [-0.2, 0) is 16.6 Å². The number of sulfonamides is 1. The van der Waals surface area contributed by atoms with Crippen molar-refractivity contribution in [1.29, 1.82) is 0 Å². The van der Waals surface area contributed by atoms with Gasteiger partial charge in [-0.25, -0.2) is 8.42 Å². The van der Waals surface area contributed by atoms with Gasteiger partial charge in [0.2, 0.25) is 10.0 Å². The highest BCUT2D eigenvalue weighted by molar-refractivity contribution is 7.89. The van der Waals surface area contributed by atoms with Crippen LogP contribution in [-0.4, -0.2) is 38.8 Å². The van der Waals surface area contributed by atoms with Crippen molar-refractivity contribution in [3.63, 3.8) is 0 Å². The third kappa shape index (κ3) is 4.80. The van der Waals surface area contributed by atoms with Gasteiger partial charge in [0.15, 0.2) is 0 Å². The summed E-state index contributed by atoms with van der Waals surface area (Å²) in [7, 11) is -0.665. The summed E-state index contributed by atoms with van der Waals surface area (Å²) in [5.74, 6) is 0.189. The fraction of sp³-hybridized carbons (Fsp3) is 0.316. The van der Waals surface area contributed by atoms with Crippen LogP contribution in [0.4, 0.5) is 0 Å². The van der Waals surface area contributed by atoms with Crippen molar-refractivity contribution in [2.75, 3.05) is 14.2 Å². The maximum Gasteiger partial charge on any atom is 0.253 e. The molecular formula is C19H23ClN2O4S. The summed E-state index contributed by atoms with van der Waals surface area (Å²) in [6, 6.07) is 11.2. The summed E-state index contributed by atoms with van der Waals surface area (Å²) >= 11 is 6.13. The number of para-hydroxylation sites is 1. The highest BCUT2D eigenvalue weighted by Crippen LogP contribution is 2.24. The summed E-state index contributed by atoms with van der Waals surface area (Å²) in [5, 5.41) is 2.93. The Kier molecular flexibility index (Phi) is 6.86. The Labute approximate surface area is 165 Å². The average Bonchev–Trinajstić information content (AvgIpc) is 2.65. The smallest absolute Gasteiger partial charge is 0.253 e. The number of ether oxygens (including phenoxy) is 1. The first kappa shape index (κ1) is 21.2. The molecule has 0 bridgehead atoms. The molecule has 0 unspecified atom stereocenters. The number of amides is 1. The molecule has 0 spiro atoms. The first-order valence-corrected chi connectivity index (χ1v) is 10.2. The van der Waals surface area contributed by atoms with Crippen molar-refractivity contribution in [3.05, 3.63) is 58.6 Å². The van der Waals surface area contributed by atoms with Gasteiger partial charge in [0.1, 0.15) is 5.75 Å². The van der Waals surface area contributed by atoms with Crippen molar-refractivity contribution in [1.82, 2.24) is 9.62 Å². The van der Waals surface area contributed by atoms with Crippen molar-refractivity contribution < 1.29 is 17.9 Å². The Morgan fingerprint density at radius 2 is 1.89 bits per heavy atom. The van der Waals surface area contributed by atoms with Crippen LogP contribution in [0.5, 0.6) is 5.75 Å². The molecule has 0 radical (unpaired) electrons. The minimum Gasteiger partial charge on any atom is -0.496 e. The molecule has 0 saturated heterocycles. The van der Waals surface area contributed by atoms with E-state index in [1.165, 1.54) is 29.6 Å². The largest absolute Gasteiger partial charge is 0.496 e. The number of rotatable bonds is 7. The molecule has 0 heterocycles. The lowest BCUT2D eigenvalue weighted by Crippen LogP contribution is -2.33. The molecule has 0 aromatic heterocycles. The maximum absolute atomic E-state index is 12.7. The van der Waals surface area contributed by atoms with E-state index < -0.39 is 15.9 Å². The summed E-state index contributed by atoms with van der Waals surface area (Å²) in [6.45, 7) is 3.77. The van der Waals surface area contributed by atoms with Gasteiger partial charge in [-0.2, -0.15) is 4.31 Å². The lowest BCUT2D eigenvalue weighted by Gasteiger charge is -2.21. The molecule has 146 valence electrons. The lowest BCUT2D eigenvalue weighted by molar-refractivity contribution is 0.0950. The molecule has 0 aliphatic rings. The van der Waals surface area contributed by atoms with Gasteiger partial charge in [0, 0.05) is 25.2 Å². The molecule has 0 saturated carbocycles. The summed E-state index contributed by atoms with van der Waals surface area (Å²) in [4.78, 5) is 12.6. The third-order valence-electron chi connectivity index (χ3n) is 4.22. The first-order valence-electron chi connectivity index (χ1n) is 8.36. The zero-order valence-electron chi connectivity index (χ0n) is 15.7. The zero-order valence-corrected chi connectivity index (χ0v) is 17.3. The van der Waals surface area contributed by atoms with E-state index in [1.807, 2.05) is 18.2 Å². The van der Waals surface area contributed by atoms with Crippen molar-refractivity contribution in [2.24, 2.45) is 0 Å². The Balaban J connectivity index is 2.26. The SMILES string of the molecule is COc1ccccc1CNC(=O)c1cc(S(=O)(=O)N(C)C(C)C)ccc1Cl. The number of hydrogen-bond donors (Lipinski definition) is 1. The van der Waals surface area contributed by atoms with Gasteiger partial charge in [0.25, 0.3) is 5.91 Å². The predicted octanol–water partition coefficient (Wildman–Crippen LogP) is 3.31. The van der Waals surface area contributed by atoms with Crippen LogP contribution in [0.2, 0.25) is 5.02 Å². The van der Waals surface area contributed by atoms with E-state index in [0.29, 0.717) is 5.75 Å². The highest BCUT2D eigenvalue weighted by Gasteiger charge is 2.25. The fourth-order valence-corrected chi connectivity index (χ4v) is 4.00. The van der Waals surface area contributed by atoms with E-state index >= 15 is 0 Å². The Bertz CT molecular complexity index is 929. The van der Waals surface area contributed by atoms with Gasteiger partial charge in [-0.15, -0.1) is 0 Å². The van der Waals surface area contributed by atoms with E-state index in [-0.39, 0.29) is 28.1 Å². The van der Waals surface area contributed by atoms with Gasteiger partial charge in [-0.05, 0) is 38.1 Å². The third-order valence-corrected chi connectivity index (χ3v) is 6.58. The van der Waals surface area contributed by atoms with E-state index in [9.17, 15) is 13.2 Å². The number of nitrogens with zero attached hydrogens (tertiary/aromatic N) is 1. The van der Waals surface area contributed by atoms with Gasteiger partial charge in [-0.1, -0.05) is 29.8 Å². The van der Waals surface area contributed by atoms with E-state index in [4.69, 9.17) is 16.3 Å². The van der Waals surface area contributed by atoms with Crippen LogP contribution >= 0.6 is 11.6 Å². The fourth-order valence-electron chi connectivity index (χ4n) is 2.40. The zero-order chi connectivity index (χ0) is 20.2. The Morgan fingerprint density at radius 3 is 2.52 bits per heavy atom. The molecule has 2 aromatic rings. The quantitative estimate of drug-likeness (QED) is 0.759. The molecule has 0 atom stereocenters. The Hall–Kier alpha value is -2.09. The van der Waals surface area contributed by atoms with Crippen LogP contribution in [0.25, 0.3) is 0 Å². The van der Waals surface area contributed by atoms with Crippen LogP contribution < -0.4 is 10.1 Å². The van der Waals surface area contributed by atoms with E-state index in [1.54, 1.807) is 27.0 Å². The standard InChI is InChI=1S/C19H23ClN2O4S/c1-13(2)22(3)27(24,25)15-9-10-17(20)16(11-15)19(23)21-12-14-7-5-6-8-18(14)26-4/h5-11,13H,12H2,1-4H3,(H,21,23). The van der Waals surface area contributed by atoms with Crippen LogP contribution in [0, 0.1) is 0 Å². The van der Waals surface area contributed by atoms with Gasteiger partial charge < -0.3 is 10.1 Å². The summed E-state index contributed by atoms with van der Waals surface area (Å²) < 4.78 is 31.8. The normalized spacial score (nSPS) is 11.7.